The smallest absolute Gasteiger partial charge is 0.106 e. The highest BCUT2D eigenvalue weighted by Gasteiger charge is 2.05. The van der Waals surface area contributed by atoms with Gasteiger partial charge in [0.25, 0.3) is 0 Å². The molecule has 4 nitrogen and oxygen atoms in total. The number of aromatic nitrogens is 2. The van der Waals surface area contributed by atoms with Gasteiger partial charge >= 0.3 is 0 Å². The van der Waals surface area contributed by atoms with E-state index in [1.165, 1.54) is 5.52 Å². The molecule has 2 rings (SSSR count). The van der Waals surface area contributed by atoms with Crippen molar-refractivity contribution in [3.8, 4) is 0 Å². The van der Waals surface area contributed by atoms with Gasteiger partial charge in [-0.3, -0.25) is 0 Å². The average Bonchev–Trinajstić information content (AvgIpc) is 2.65. The number of hydrogen-bond acceptors (Lipinski definition) is 3. The monoisotopic (exact) mass is 246 g/mol. The fourth-order valence-corrected chi connectivity index (χ4v) is 2.10. The number of fused-ring (bicyclic) bond motifs is 1. The minimum Gasteiger partial charge on any atom is -0.327 e. The first-order valence-corrected chi connectivity index (χ1v) is 6.46. The van der Waals surface area contributed by atoms with Gasteiger partial charge in [0, 0.05) is 26.2 Å². The van der Waals surface area contributed by atoms with Crippen molar-refractivity contribution in [3.63, 3.8) is 0 Å². The molecule has 1 N–H and O–H groups in total. The van der Waals surface area contributed by atoms with Gasteiger partial charge in [-0.05, 0) is 33.2 Å². The third-order valence-electron chi connectivity index (χ3n) is 3.09. The maximum Gasteiger partial charge on any atom is 0.106 e. The van der Waals surface area contributed by atoms with Crippen LogP contribution in [0.15, 0.2) is 24.3 Å². The Labute approximate surface area is 109 Å². The van der Waals surface area contributed by atoms with E-state index in [9.17, 15) is 0 Å². The average molecular weight is 246 g/mol. The molecule has 0 spiro atoms. The zero-order valence-electron chi connectivity index (χ0n) is 11.5. The van der Waals surface area contributed by atoms with Crippen molar-refractivity contribution in [2.75, 3.05) is 33.7 Å². The molecule has 0 aliphatic rings. The highest BCUT2D eigenvalue weighted by molar-refractivity contribution is 5.75. The number of para-hydroxylation sites is 2. The second kappa shape index (κ2) is 5.98. The zero-order valence-corrected chi connectivity index (χ0v) is 11.5. The van der Waals surface area contributed by atoms with Crippen LogP contribution in [0.5, 0.6) is 0 Å². The first-order chi connectivity index (χ1) is 8.68. The van der Waals surface area contributed by atoms with Gasteiger partial charge in [-0.25, -0.2) is 4.98 Å². The summed E-state index contributed by atoms with van der Waals surface area (Å²) >= 11 is 0. The SMILES string of the molecule is Cc1nc2ccccc2n1CCNCCN(C)C. The van der Waals surface area contributed by atoms with Crippen LogP contribution in [0.25, 0.3) is 11.0 Å². The van der Waals surface area contributed by atoms with Crippen molar-refractivity contribution in [2.24, 2.45) is 0 Å². The number of nitrogens with one attached hydrogen (secondary N) is 1. The molecule has 0 saturated heterocycles. The Bertz CT molecular complexity index is 501. The molecule has 0 unspecified atom stereocenters. The van der Waals surface area contributed by atoms with Crippen molar-refractivity contribution in [3.05, 3.63) is 30.1 Å². The summed E-state index contributed by atoms with van der Waals surface area (Å²) < 4.78 is 2.28. The lowest BCUT2D eigenvalue weighted by Gasteiger charge is -2.11. The van der Waals surface area contributed by atoms with Crippen LogP contribution in [-0.4, -0.2) is 48.2 Å². The van der Waals surface area contributed by atoms with E-state index < -0.39 is 0 Å². The van der Waals surface area contributed by atoms with E-state index in [1.807, 2.05) is 6.07 Å². The molecule has 0 amide bonds. The van der Waals surface area contributed by atoms with Gasteiger partial charge in [0.15, 0.2) is 0 Å². The molecule has 98 valence electrons. The maximum absolute atomic E-state index is 4.57. The normalized spacial score (nSPS) is 11.6. The van der Waals surface area contributed by atoms with Crippen LogP contribution in [0, 0.1) is 6.92 Å². The number of hydrogen-bond donors (Lipinski definition) is 1. The van der Waals surface area contributed by atoms with Gasteiger partial charge in [0.2, 0.25) is 0 Å². The maximum atomic E-state index is 4.57. The van der Waals surface area contributed by atoms with E-state index in [0.717, 1.165) is 37.5 Å². The lowest BCUT2D eigenvalue weighted by molar-refractivity contribution is 0.398. The summed E-state index contributed by atoms with van der Waals surface area (Å²) in [6.07, 6.45) is 0. The van der Waals surface area contributed by atoms with Crippen molar-refractivity contribution >= 4 is 11.0 Å². The third kappa shape index (κ3) is 3.09. The van der Waals surface area contributed by atoms with Crippen LogP contribution in [0.1, 0.15) is 5.82 Å². The Morgan fingerprint density at radius 1 is 1.22 bits per heavy atom. The number of likely N-dealkylation sites (N-methyl/N-ethyl adjacent to an activating group) is 1. The highest BCUT2D eigenvalue weighted by atomic mass is 15.1. The summed E-state index contributed by atoms with van der Waals surface area (Å²) in [5, 5.41) is 3.46. The van der Waals surface area contributed by atoms with Crippen molar-refractivity contribution in [1.82, 2.24) is 19.8 Å². The van der Waals surface area contributed by atoms with Gasteiger partial charge in [0.05, 0.1) is 11.0 Å². The molecular weight excluding hydrogens is 224 g/mol. The van der Waals surface area contributed by atoms with Crippen LogP contribution in [-0.2, 0) is 6.54 Å². The van der Waals surface area contributed by atoms with Crippen LogP contribution >= 0.6 is 0 Å². The number of aryl methyl sites for hydroxylation is 1. The molecule has 0 fully saturated rings. The molecule has 0 aliphatic heterocycles. The lowest BCUT2D eigenvalue weighted by Crippen LogP contribution is -2.29. The van der Waals surface area contributed by atoms with Crippen molar-refractivity contribution in [1.29, 1.82) is 0 Å². The van der Waals surface area contributed by atoms with E-state index in [0.29, 0.717) is 0 Å². The summed E-state index contributed by atoms with van der Waals surface area (Å²) in [5.74, 6) is 1.09. The van der Waals surface area contributed by atoms with Gasteiger partial charge < -0.3 is 14.8 Å². The molecule has 0 atom stereocenters. The third-order valence-corrected chi connectivity index (χ3v) is 3.09. The lowest BCUT2D eigenvalue weighted by atomic mass is 10.3. The second-order valence-corrected chi connectivity index (χ2v) is 4.85. The Kier molecular flexibility index (Phi) is 4.33. The molecule has 0 aliphatic carbocycles. The topological polar surface area (TPSA) is 33.1 Å². The summed E-state index contributed by atoms with van der Waals surface area (Å²) in [6.45, 7) is 6.12. The van der Waals surface area contributed by atoms with Crippen LogP contribution in [0.4, 0.5) is 0 Å². The second-order valence-electron chi connectivity index (χ2n) is 4.85. The quantitative estimate of drug-likeness (QED) is 0.784. The summed E-state index contributed by atoms with van der Waals surface area (Å²) in [7, 11) is 4.18. The van der Waals surface area contributed by atoms with Crippen molar-refractivity contribution in [2.45, 2.75) is 13.5 Å². The molecule has 0 bridgehead atoms. The summed E-state index contributed by atoms with van der Waals surface area (Å²) in [5.41, 5.74) is 2.31. The van der Waals surface area contributed by atoms with E-state index in [-0.39, 0.29) is 0 Å². The first kappa shape index (κ1) is 13.1. The highest BCUT2D eigenvalue weighted by Crippen LogP contribution is 2.14. The van der Waals surface area contributed by atoms with Crippen LogP contribution < -0.4 is 5.32 Å². The van der Waals surface area contributed by atoms with Gasteiger partial charge in [0.1, 0.15) is 5.82 Å². The molecular formula is C14H22N4. The number of imidazole rings is 1. The minimum absolute atomic E-state index is 0.972. The Hall–Kier alpha value is -1.39. The number of nitrogens with zero attached hydrogens (tertiary/aromatic N) is 3. The Morgan fingerprint density at radius 3 is 2.78 bits per heavy atom. The molecule has 0 radical (unpaired) electrons. The zero-order chi connectivity index (χ0) is 13.0. The molecule has 1 aromatic carbocycles. The number of rotatable bonds is 6. The molecule has 1 aromatic heterocycles. The predicted molar refractivity (Wildman–Crippen MR) is 75.9 cm³/mol. The standard InChI is InChI=1S/C14H22N4/c1-12-16-13-6-4-5-7-14(13)18(12)11-9-15-8-10-17(2)3/h4-7,15H,8-11H2,1-3H3. The molecule has 1 heterocycles. The van der Waals surface area contributed by atoms with Crippen LogP contribution in [0.3, 0.4) is 0 Å². The summed E-state index contributed by atoms with van der Waals surface area (Å²) in [4.78, 5) is 6.75. The predicted octanol–water partition coefficient (Wildman–Crippen LogP) is 1.50. The fraction of sp³-hybridized carbons (Fsp3) is 0.500. The number of benzene rings is 1. The van der Waals surface area contributed by atoms with E-state index in [1.54, 1.807) is 0 Å². The van der Waals surface area contributed by atoms with Gasteiger partial charge in [-0.15, -0.1) is 0 Å². The van der Waals surface area contributed by atoms with E-state index >= 15 is 0 Å². The Morgan fingerprint density at radius 2 is 2.00 bits per heavy atom. The molecule has 18 heavy (non-hydrogen) atoms. The van der Waals surface area contributed by atoms with E-state index in [2.05, 4.69) is 59.0 Å². The summed E-state index contributed by atoms with van der Waals surface area (Å²) in [6, 6.07) is 8.31. The fourth-order valence-electron chi connectivity index (χ4n) is 2.10. The molecule has 4 heteroatoms. The largest absolute Gasteiger partial charge is 0.327 e. The molecule has 0 saturated carbocycles. The van der Waals surface area contributed by atoms with Crippen LogP contribution in [0.2, 0.25) is 0 Å². The van der Waals surface area contributed by atoms with E-state index in [4.69, 9.17) is 0 Å². The molecule has 2 aromatic rings. The van der Waals surface area contributed by atoms with Gasteiger partial charge in [-0.2, -0.15) is 0 Å². The van der Waals surface area contributed by atoms with Gasteiger partial charge in [-0.1, -0.05) is 12.1 Å². The van der Waals surface area contributed by atoms with Crippen molar-refractivity contribution < 1.29 is 0 Å². The Balaban J connectivity index is 1.93. The first-order valence-electron chi connectivity index (χ1n) is 6.46. The minimum atomic E-state index is 0.972.